The first-order valence-electron chi connectivity index (χ1n) is 5.08. The summed E-state index contributed by atoms with van der Waals surface area (Å²) in [5, 5.41) is 3.60. The second-order valence-electron chi connectivity index (χ2n) is 4.30. The summed E-state index contributed by atoms with van der Waals surface area (Å²) in [6.07, 6.45) is 4.15. The molecule has 1 fully saturated rings. The van der Waals surface area contributed by atoms with E-state index in [9.17, 15) is 0 Å². The quantitative estimate of drug-likeness (QED) is 0.687. The molecule has 2 nitrogen and oxygen atoms in total. The van der Waals surface area contributed by atoms with Gasteiger partial charge >= 0.3 is 0 Å². The molecule has 0 aromatic rings. The number of nitrogens with zero attached hydrogens (tertiary/aromatic N) is 1. The van der Waals surface area contributed by atoms with E-state index < -0.39 is 0 Å². The molecule has 1 heterocycles. The first kappa shape index (κ1) is 10.0. The molecule has 0 aromatic carbocycles. The Labute approximate surface area is 76.3 Å². The van der Waals surface area contributed by atoms with Crippen molar-refractivity contribution in [3.05, 3.63) is 0 Å². The predicted octanol–water partition coefficient (Wildman–Crippen LogP) is 1.33. The van der Waals surface area contributed by atoms with Crippen molar-refractivity contribution in [3.63, 3.8) is 0 Å². The fourth-order valence-corrected chi connectivity index (χ4v) is 2.07. The Kier molecular flexibility index (Phi) is 4.02. The minimum absolute atomic E-state index is 0.765. The van der Waals surface area contributed by atoms with Gasteiger partial charge in [-0.15, -0.1) is 0 Å². The molecule has 0 bridgehead atoms. The topological polar surface area (TPSA) is 15.3 Å². The zero-order chi connectivity index (χ0) is 8.97. The summed E-state index contributed by atoms with van der Waals surface area (Å²) in [7, 11) is 4.30. The fraction of sp³-hybridized carbons (Fsp3) is 1.00. The number of nitrogens with one attached hydrogen (secondary N) is 1. The molecule has 0 unspecified atom stereocenters. The molecular formula is C10H22N2. The van der Waals surface area contributed by atoms with Crippen molar-refractivity contribution >= 4 is 0 Å². The molecule has 1 aliphatic rings. The Hall–Kier alpha value is -0.0800. The number of rotatable bonds is 3. The summed E-state index contributed by atoms with van der Waals surface area (Å²) in [6, 6.07) is 0.765. The largest absolute Gasteiger partial charge is 0.314 e. The summed E-state index contributed by atoms with van der Waals surface area (Å²) in [4.78, 5) is 2.28. The molecule has 2 heteroatoms. The van der Waals surface area contributed by atoms with Crippen LogP contribution in [0.3, 0.4) is 0 Å². The van der Waals surface area contributed by atoms with Crippen molar-refractivity contribution in [1.29, 1.82) is 0 Å². The van der Waals surface area contributed by atoms with Crippen molar-refractivity contribution in [3.8, 4) is 0 Å². The zero-order valence-corrected chi connectivity index (χ0v) is 8.64. The van der Waals surface area contributed by atoms with E-state index in [2.05, 4.69) is 31.2 Å². The van der Waals surface area contributed by atoms with E-state index in [1.807, 2.05) is 0 Å². The van der Waals surface area contributed by atoms with Gasteiger partial charge in [0.2, 0.25) is 0 Å². The summed E-state index contributed by atoms with van der Waals surface area (Å²) in [5.41, 5.74) is 0. The average molecular weight is 170 g/mol. The molecule has 0 aromatic heterocycles. The summed E-state index contributed by atoms with van der Waals surface area (Å²) >= 11 is 0. The van der Waals surface area contributed by atoms with Crippen molar-refractivity contribution in [1.82, 2.24) is 10.2 Å². The van der Waals surface area contributed by atoms with Gasteiger partial charge < -0.3 is 10.2 Å². The fourth-order valence-electron chi connectivity index (χ4n) is 2.07. The molecule has 1 N–H and O–H groups in total. The average Bonchev–Trinajstić information content (AvgIpc) is 2.05. The smallest absolute Gasteiger partial charge is 0.0105 e. The summed E-state index contributed by atoms with van der Waals surface area (Å²) in [6.45, 7) is 4.78. The molecule has 2 atom stereocenters. The number of piperidine rings is 1. The molecule has 0 radical (unpaired) electrons. The highest BCUT2D eigenvalue weighted by Crippen LogP contribution is 2.15. The molecular weight excluding hydrogens is 148 g/mol. The Morgan fingerprint density at radius 1 is 1.42 bits per heavy atom. The van der Waals surface area contributed by atoms with Crippen molar-refractivity contribution in [2.45, 2.75) is 32.2 Å². The number of hydrogen-bond donors (Lipinski definition) is 1. The van der Waals surface area contributed by atoms with Crippen LogP contribution in [0.15, 0.2) is 0 Å². The lowest BCUT2D eigenvalue weighted by Crippen LogP contribution is -2.42. The molecule has 1 aliphatic heterocycles. The first-order valence-corrected chi connectivity index (χ1v) is 5.08. The molecule has 1 saturated heterocycles. The van der Waals surface area contributed by atoms with Crippen LogP contribution in [-0.4, -0.2) is 38.1 Å². The van der Waals surface area contributed by atoms with Gasteiger partial charge in [0, 0.05) is 12.6 Å². The maximum atomic E-state index is 3.60. The van der Waals surface area contributed by atoms with Crippen LogP contribution >= 0.6 is 0 Å². The van der Waals surface area contributed by atoms with Gasteiger partial charge in [0.05, 0.1) is 0 Å². The molecule has 0 saturated carbocycles. The molecule has 12 heavy (non-hydrogen) atoms. The van der Waals surface area contributed by atoms with Gasteiger partial charge in [-0.1, -0.05) is 13.3 Å². The van der Waals surface area contributed by atoms with Crippen molar-refractivity contribution < 1.29 is 0 Å². The summed E-state index contributed by atoms with van der Waals surface area (Å²) in [5.74, 6) is 0.792. The van der Waals surface area contributed by atoms with Crippen LogP contribution in [0.4, 0.5) is 0 Å². The highest BCUT2D eigenvalue weighted by atomic mass is 15.1. The summed E-state index contributed by atoms with van der Waals surface area (Å²) < 4.78 is 0. The van der Waals surface area contributed by atoms with Crippen LogP contribution in [0.5, 0.6) is 0 Å². The second-order valence-corrected chi connectivity index (χ2v) is 4.30. The normalized spacial score (nSPS) is 27.5. The van der Waals surface area contributed by atoms with E-state index in [4.69, 9.17) is 0 Å². The lowest BCUT2D eigenvalue weighted by atomic mass is 9.93. The lowest BCUT2D eigenvalue weighted by molar-refractivity contribution is 0.248. The zero-order valence-electron chi connectivity index (χ0n) is 8.64. The van der Waals surface area contributed by atoms with Crippen LogP contribution < -0.4 is 5.32 Å². The molecule has 0 aliphatic carbocycles. The monoisotopic (exact) mass is 170 g/mol. The van der Waals surface area contributed by atoms with Gasteiger partial charge in [0.25, 0.3) is 0 Å². The van der Waals surface area contributed by atoms with Crippen LogP contribution in [0.2, 0.25) is 0 Å². The Morgan fingerprint density at radius 2 is 2.17 bits per heavy atom. The van der Waals surface area contributed by atoms with Gasteiger partial charge in [-0.05, 0) is 39.4 Å². The van der Waals surface area contributed by atoms with Gasteiger partial charge in [0.15, 0.2) is 0 Å². The minimum atomic E-state index is 0.765. The van der Waals surface area contributed by atoms with Crippen molar-refractivity contribution in [2.75, 3.05) is 27.2 Å². The lowest BCUT2D eigenvalue weighted by Gasteiger charge is -2.30. The Balaban J connectivity index is 2.24. The predicted molar refractivity (Wildman–Crippen MR) is 53.4 cm³/mol. The van der Waals surface area contributed by atoms with E-state index in [0.717, 1.165) is 12.0 Å². The molecule has 0 spiro atoms. The molecule has 72 valence electrons. The first-order chi connectivity index (χ1) is 5.70. The van der Waals surface area contributed by atoms with Crippen LogP contribution in [0.1, 0.15) is 26.2 Å². The maximum Gasteiger partial charge on any atom is 0.0105 e. The highest BCUT2D eigenvalue weighted by molar-refractivity contribution is 4.78. The van der Waals surface area contributed by atoms with Gasteiger partial charge in [-0.25, -0.2) is 0 Å². The van der Waals surface area contributed by atoms with Gasteiger partial charge in [-0.3, -0.25) is 0 Å². The van der Waals surface area contributed by atoms with E-state index in [1.54, 1.807) is 0 Å². The highest BCUT2D eigenvalue weighted by Gasteiger charge is 2.19. The van der Waals surface area contributed by atoms with Crippen LogP contribution in [0.25, 0.3) is 0 Å². The third-order valence-corrected chi connectivity index (χ3v) is 2.69. The third kappa shape index (κ3) is 3.11. The second kappa shape index (κ2) is 4.83. The van der Waals surface area contributed by atoms with Crippen LogP contribution in [0, 0.1) is 5.92 Å². The van der Waals surface area contributed by atoms with Crippen molar-refractivity contribution in [2.24, 2.45) is 5.92 Å². The van der Waals surface area contributed by atoms with Gasteiger partial charge in [-0.2, -0.15) is 0 Å². The Bertz CT molecular complexity index is 117. The van der Waals surface area contributed by atoms with Crippen LogP contribution in [-0.2, 0) is 0 Å². The third-order valence-electron chi connectivity index (χ3n) is 2.69. The van der Waals surface area contributed by atoms with E-state index in [-0.39, 0.29) is 0 Å². The van der Waals surface area contributed by atoms with E-state index in [1.165, 1.54) is 32.4 Å². The molecule has 1 rings (SSSR count). The molecule has 0 amide bonds. The van der Waals surface area contributed by atoms with E-state index >= 15 is 0 Å². The van der Waals surface area contributed by atoms with E-state index in [0.29, 0.717) is 0 Å². The maximum absolute atomic E-state index is 3.60. The Morgan fingerprint density at radius 3 is 2.67 bits per heavy atom. The number of hydrogen-bond acceptors (Lipinski definition) is 2. The standard InChI is InChI=1S/C10H22N2/c1-9(8-12(2)3)10-6-4-5-7-11-10/h9-11H,4-8H2,1-3H3/t9-,10+/m0/s1. The minimum Gasteiger partial charge on any atom is -0.314 e. The van der Waals surface area contributed by atoms with Gasteiger partial charge in [0.1, 0.15) is 0 Å². The SMILES string of the molecule is C[C@@H](CN(C)C)[C@H]1CCCCN1.